The summed E-state index contributed by atoms with van der Waals surface area (Å²) >= 11 is 0. The lowest BCUT2D eigenvalue weighted by Crippen LogP contribution is -2.24. The summed E-state index contributed by atoms with van der Waals surface area (Å²) in [6.07, 6.45) is 7.55. The maximum Gasteiger partial charge on any atom is 0.130 e. The number of aromatic nitrogens is 4. The van der Waals surface area contributed by atoms with E-state index in [4.69, 9.17) is 0 Å². The molecule has 2 aromatic carbocycles. The maximum absolute atomic E-state index is 4.54. The largest absolute Gasteiger partial charge is 0.336 e. The number of nitrogens with one attached hydrogen (secondary N) is 1. The van der Waals surface area contributed by atoms with Crippen LogP contribution in [0.4, 0.5) is 0 Å². The molecule has 0 bridgehead atoms. The number of benzene rings is 2. The highest BCUT2D eigenvalue weighted by Gasteiger charge is 2.17. The topological polar surface area (TPSA) is 47.7 Å². The maximum atomic E-state index is 4.54. The van der Waals surface area contributed by atoms with Crippen LogP contribution >= 0.6 is 12.4 Å². The van der Waals surface area contributed by atoms with Gasteiger partial charge in [0.1, 0.15) is 5.82 Å². The van der Waals surface area contributed by atoms with Gasteiger partial charge in [-0.2, -0.15) is 5.10 Å². The monoisotopic (exact) mass is 379 g/mol. The van der Waals surface area contributed by atoms with Gasteiger partial charge in [-0.25, -0.2) is 9.67 Å². The number of aryl methyl sites for hydroxylation is 1. The van der Waals surface area contributed by atoms with Crippen molar-refractivity contribution in [3.63, 3.8) is 0 Å². The van der Waals surface area contributed by atoms with Gasteiger partial charge in [0, 0.05) is 38.4 Å². The van der Waals surface area contributed by atoms with E-state index in [1.807, 2.05) is 42.5 Å². The molecule has 0 aliphatic rings. The Morgan fingerprint density at radius 3 is 2.33 bits per heavy atom. The molecular weight excluding hydrogens is 358 g/mol. The molecule has 1 atom stereocenters. The summed E-state index contributed by atoms with van der Waals surface area (Å²) in [5.74, 6) is 1.00. The number of imidazole rings is 1. The van der Waals surface area contributed by atoms with Crippen molar-refractivity contribution >= 4 is 12.4 Å². The van der Waals surface area contributed by atoms with E-state index in [0.29, 0.717) is 0 Å². The summed E-state index contributed by atoms with van der Waals surface area (Å²) in [7, 11) is 2.03. The van der Waals surface area contributed by atoms with Crippen LogP contribution in [0.5, 0.6) is 0 Å². The second kappa shape index (κ2) is 8.66. The van der Waals surface area contributed by atoms with E-state index >= 15 is 0 Å². The first-order chi connectivity index (χ1) is 12.8. The predicted molar refractivity (Wildman–Crippen MR) is 109 cm³/mol. The second-order valence-corrected chi connectivity index (χ2v) is 6.24. The Morgan fingerprint density at radius 1 is 0.926 bits per heavy atom. The molecule has 0 aliphatic carbocycles. The third kappa shape index (κ3) is 4.27. The van der Waals surface area contributed by atoms with Crippen molar-refractivity contribution in [1.82, 2.24) is 24.6 Å². The smallest absolute Gasteiger partial charge is 0.130 e. The number of nitrogens with zero attached hydrogens (tertiary/aromatic N) is 4. The number of halogens is 1. The zero-order chi connectivity index (χ0) is 17.8. The quantitative estimate of drug-likeness (QED) is 0.552. The van der Waals surface area contributed by atoms with Crippen LogP contribution in [0.3, 0.4) is 0 Å². The third-order valence-electron chi connectivity index (χ3n) is 4.47. The molecule has 2 heterocycles. The van der Waals surface area contributed by atoms with E-state index in [2.05, 4.69) is 68.5 Å². The van der Waals surface area contributed by atoms with Crippen LogP contribution in [0.15, 0.2) is 85.5 Å². The first-order valence-electron chi connectivity index (χ1n) is 8.66. The molecule has 0 saturated carbocycles. The molecule has 138 valence electrons. The first kappa shape index (κ1) is 18.9. The Labute approximate surface area is 165 Å². The fourth-order valence-corrected chi connectivity index (χ4v) is 3.07. The van der Waals surface area contributed by atoms with Crippen molar-refractivity contribution < 1.29 is 0 Å². The number of hydrogen-bond acceptors (Lipinski definition) is 3. The summed E-state index contributed by atoms with van der Waals surface area (Å²) in [5.41, 5.74) is 3.48. The molecule has 0 amide bonds. The molecule has 0 aliphatic heterocycles. The van der Waals surface area contributed by atoms with Gasteiger partial charge in [-0.1, -0.05) is 42.5 Å². The zero-order valence-electron chi connectivity index (χ0n) is 15.1. The number of rotatable bonds is 6. The Bertz CT molecular complexity index is 946. The van der Waals surface area contributed by atoms with E-state index in [1.165, 1.54) is 11.1 Å². The SMILES string of the molecule is Cl.Cn1ccnc1C(NCc1ccc(-n2cccn2)cc1)c1ccccc1. The first-order valence-corrected chi connectivity index (χ1v) is 8.66. The van der Waals surface area contributed by atoms with Gasteiger partial charge in [0.15, 0.2) is 0 Å². The van der Waals surface area contributed by atoms with Crippen molar-refractivity contribution in [2.75, 3.05) is 0 Å². The average molecular weight is 380 g/mol. The van der Waals surface area contributed by atoms with Crippen molar-refractivity contribution in [3.8, 4) is 5.69 Å². The summed E-state index contributed by atoms with van der Waals surface area (Å²) in [6, 6.07) is 20.8. The Balaban J connectivity index is 0.00000210. The van der Waals surface area contributed by atoms with E-state index in [0.717, 1.165) is 18.1 Å². The van der Waals surface area contributed by atoms with Crippen molar-refractivity contribution in [1.29, 1.82) is 0 Å². The van der Waals surface area contributed by atoms with Gasteiger partial charge in [-0.15, -0.1) is 12.4 Å². The Kier molecular flexibility index (Phi) is 6.06. The van der Waals surface area contributed by atoms with Crippen molar-refractivity contribution in [3.05, 3.63) is 102 Å². The lowest BCUT2D eigenvalue weighted by Gasteiger charge is -2.19. The molecule has 1 N–H and O–H groups in total. The molecule has 1 unspecified atom stereocenters. The molecule has 4 aromatic rings. The minimum atomic E-state index is 0. The van der Waals surface area contributed by atoms with Gasteiger partial charge >= 0.3 is 0 Å². The third-order valence-corrected chi connectivity index (χ3v) is 4.47. The molecular formula is C21H22ClN5. The molecule has 4 rings (SSSR count). The van der Waals surface area contributed by atoms with Gasteiger partial charge in [0.25, 0.3) is 0 Å². The van der Waals surface area contributed by atoms with Gasteiger partial charge < -0.3 is 4.57 Å². The van der Waals surface area contributed by atoms with Crippen LogP contribution in [-0.2, 0) is 13.6 Å². The fraction of sp³-hybridized carbons (Fsp3) is 0.143. The van der Waals surface area contributed by atoms with Gasteiger partial charge in [-0.05, 0) is 29.3 Å². The van der Waals surface area contributed by atoms with E-state index < -0.39 is 0 Å². The van der Waals surface area contributed by atoms with Gasteiger partial charge in [-0.3, -0.25) is 5.32 Å². The Hall–Kier alpha value is -2.89. The minimum absolute atomic E-state index is 0. The van der Waals surface area contributed by atoms with Crippen LogP contribution in [0.25, 0.3) is 5.69 Å². The van der Waals surface area contributed by atoms with Crippen LogP contribution in [0, 0.1) is 0 Å². The minimum Gasteiger partial charge on any atom is -0.336 e. The molecule has 27 heavy (non-hydrogen) atoms. The van der Waals surface area contributed by atoms with Crippen LogP contribution in [0.2, 0.25) is 0 Å². The van der Waals surface area contributed by atoms with Gasteiger partial charge in [0.2, 0.25) is 0 Å². The molecule has 2 aromatic heterocycles. The van der Waals surface area contributed by atoms with Crippen LogP contribution < -0.4 is 5.32 Å². The van der Waals surface area contributed by atoms with Crippen molar-refractivity contribution in [2.24, 2.45) is 7.05 Å². The van der Waals surface area contributed by atoms with E-state index in [-0.39, 0.29) is 18.4 Å². The lowest BCUT2D eigenvalue weighted by molar-refractivity contribution is 0.558. The fourth-order valence-electron chi connectivity index (χ4n) is 3.07. The summed E-state index contributed by atoms with van der Waals surface area (Å²) in [5, 5.41) is 7.91. The predicted octanol–water partition coefficient (Wildman–Crippen LogP) is 3.91. The highest BCUT2D eigenvalue weighted by atomic mass is 35.5. The van der Waals surface area contributed by atoms with E-state index in [1.54, 1.807) is 6.20 Å². The second-order valence-electron chi connectivity index (χ2n) is 6.24. The molecule has 5 nitrogen and oxygen atoms in total. The summed E-state index contributed by atoms with van der Waals surface area (Å²) in [6.45, 7) is 0.756. The van der Waals surface area contributed by atoms with E-state index in [9.17, 15) is 0 Å². The molecule has 0 saturated heterocycles. The average Bonchev–Trinajstić information content (AvgIpc) is 3.36. The standard InChI is InChI=1S/C21H21N5.ClH/c1-25-15-13-22-21(25)20(18-6-3-2-4-7-18)23-16-17-8-10-19(11-9-17)26-14-5-12-24-26;/h2-15,20,23H,16H2,1H3;1H. The van der Waals surface area contributed by atoms with Crippen molar-refractivity contribution in [2.45, 2.75) is 12.6 Å². The van der Waals surface area contributed by atoms with Crippen LogP contribution in [0.1, 0.15) is 23.0 Å². The summed E-state index contributed by atoms with van der Waals surface area (Å²) < 4.78 is 3.92. The van der Waals surface area contributed by atoms with Gasteiger partial charge in [0.05, 0.1) is 11.7 Å². The lowest BCUT2D eigenvalue weighted by atomic mass is 10.1. The van der Waals surface area contributed by atoms with Crippen LogP contribution in [-0.4, -0.2) is 19.3 Å². The highest BCUT2D eigenvalue weighted by molar-refractivity contribution is 5.85. The normalized spacial score (nSPS) is 11.7. The highest BCUT2D eigenvalue weighted by Crippen LogP contribution is 2.21. The summed E-state index contributed by atoms with van der Waals surface area (Å²) in [4.78, 5) is 4.54. The molecule has 0 radical (unpaired) electrons. The number of hydrogen-bond donors (Lipinski definition) is 1. The zero-order valence-corrected chi connectivity index (χ0v) is 15.9. The molecule has 6 heteroatoms. The Morgan fingerprint density at radius 2 is 1.70 bits per heavy atom. The molecule has 0 fully saturated rings. The molecule has 0 spiro atoms.